The second kappa shape index (κ2) is 10.6. The van der Waals surface area contributed by atoms with E-state index in [1.807, 2.05) is 0 Å². The van der Waals surface area contributed by atoms with Crippen LogP contribution in [0.2, 0.25) is 0 Å². The van der Waals surface area contributed by atoms with E-state index in [4.69, 9.17) is 4.74 Å². The van der Waals surface area contributed by atoms with E-state index >= 15 is 0 Å². The summed E-state index contributed by atoms with van der Waals surface area (Å²) in [7, 11) is 0. The third-order valence-electron chi connectivity index (χ3n) is 4.81. The molecule has 0 fully saturated rings. The minimum atomic E-state index is -4.94. The van der Waals surface area contributed by atoms with Crippen LogP contribution in [0.3, 0.4) is 0 Å². The number of nitrogens with zero attached hydrogens (tertiary/aromatic N) is 2. The summed E-state index contributed by atoms with van der Waals surface area (Å²) in [5.74, 6) is -0.906. The third-order valence-corrected chi connectivity index (χ3v) is 4.81. The van der Waals surface area contributed by atoms with E-state index in [2.05, 4.69) is 15.3 Å². The van der Waals surface area contributed by atoms with Gasteiger partial charge in [-0.2, -0.15) is 26.3 Å². The Kier molecular flexibility index (Phi) is 7.87. The van der Waals surface area contributed by atoms with Crippen LogP contribution in [0.15, 0.2) is 67.1 Å². The number of halogens is 6. The molecule has 0 aliphatic heterocycles. The predicted molar refractivity (Wildman–Crippen MR) is 110 cm³/mol. The molecule has 0 bridgehead atoms. The van der Waals surface area contributed by atoms with Crippen molar-refractivity contribution in [2.75, 3.05) is 13.2 Å². The van der Waals surface area contributed by atoms with E-state index in [0.717, 1.165) is 5.56 Å². The molecule has 1 unspecified atom stereocenters. The van der Waals surface area contributed by atoms with Gasteiger partial charge < -0.3 is 10.1 Å². The number of carbonyl (C=O) groups is 1. The summed E-state index contributed by atoms with van der Waals surface area (Å²) < 4.78 is 83.9. The van der Waals surface area contributed by atoms with Crippen molar-refractivity contribution >= 4 is 5.91 Å². The van der Waals surface area contributed by atoms with Gasteiger partial charge in [0.05, 0.1) is 30.5 Å². The Hall–Kier alpha value is -3.47. The number of nitrogens with one attached hydrogen (secondary N) is 1. The quantitative estimate of drug-likeness (QED) is 0.445. The number of carbonyl (C=O) groups excluding carboxylic acids is 1. The molecule has 0 saturated carbocycles. The van der Waals surface area contributed by atoms with Crippen molar-refractivity contribution in [2.45, 2.75) is 24.9 Å². The van der Waals surface area contributed by atoms with Gasteiger partial charge in [0.2, 0.25) is 0 Å². The lowest BCUT2D eigenvalue weighted by atomic mass is 10.00. The van der Waals surface area contributed by atoms with Gasteiger partial charge in [0.1, 0.15) is 5.69 Å². The van der Waals surface area contributed by atoms with E-state index in [0.29, 0.717) is 12.1 Å². The lowest BCUT2D eigenvalue weighted by Crippen LogP contribution is -2.31. The lowest BCUT2D eigenvalue weighted by Gasteiger charge is -2.19. The number of amides is 1. The Balaban J connectivity index is 1.71. The molecular formula is C23H19F6N3O2. The second-order valence-corrected chi connectivity index (χ2v) is 7.34. The number of benzene rings is 2. The lowest BCUT2D eigenvalue weighted by molar-refractivity contribution is -0.143. The molecule has 34 heavy (non-hydrogen) atoms. The number of rotatable bonds is 8. The monoisotopic (exact) mass is 483 g/mol. The van der Waals surface area contributed by atoms with E-state index in [-0.39, 0.29) is 30.5 Å². The molecule has 3 rings (SSSR count). The van der Waals surface area contributed by atoms with Gasteiger partial charge >= 0.3 is 12.4 Å². The Morgan fingerprint density at radius 1 is 0.941 bits per heavy atom. The fourth-order valence-corrected chi connectivity index (χ4v) is 3.14. The smallest absolute Gasteiger partial charge is 0.376 e. The molecule has 2 aromatic carbocycles. The summed E-state index contributed by atoms with van der Waals surface area (Å²) in [6.07, 6.45) is -5.82. The maximum atomic E-state index is 13.1. The van der Waals surface area contributed by atoms with Crippen molar-refractivity contribution in [2.24, 2.45) is 0 Å². The summed E-state index contributed by atoms with van der Waals surface area (Å²) in [6, 6.07) is 10.2. The summed E-state index contributed by atoms with van der Waals surface area (Å²) in [4.78, 5) is 20.0. The fraction of sp³-hybridized carbons (Fsp3) is 0.261. The van der Waals surface area contributed by atoms with Crippen molar-refractivity contribution in [3.8, 4) is 0 Å². The fourth-order valence-electron chi connectivity index (χ4n) is 3.14. The summed E-state index contributed by atoms with van der Waals surface area (Å²) in [5, 5.41) is 2.69. The zero-order chi connectivity index (χ0) is 24.8. The molecule has 0 aliphatic rings. The number of aromatic nitrogens is 2. The van der Waals surface area contributed by atoms with Gasteiger partial charge in [-0.15, -0.1) is 0 Å². The van der Waals surface area contributed by atoms with E-state index < -0.39 is 41.9 Å². The summed E-state index contributed by atoms with van der Waals surface area (Å²) in [5.41, 5.74) is -2.22. The highest BCUT2D eigenvalue weighted by atomic mass is 19.4. The minimum Gasteiger partial charge on any atom is -0.376 e. The molecular weight excluding hydrogens is 464 g/mol. The normalized spacial score (nSPS) is 12.9. The Morgan fingerprint density at radius 2 is 1.59 bits per heavy atom. The van der Waals surface area contributed by atoms with Crippen LogP contribution in [0.25, 0.3) is 0 Å². The second-order valence-electron chi connectivity index (χ2n) is 7.34. The SMILES string of the molecule is O=C(NCC(COCc1cc(C(F)(F)F)cc(C(F)(F)F)c1)c1ccccc1)c1cnccn1. The van der Waals surface area contributed by atoms with Gasteiger partial charge in [-0.05, 0) is 29.3 Å². The van der Waals surface area contributed by atoms with Crippen molar-refractivity contribution in [3.63, 3.8) is 0 Å². The van der Waals surface area contributed by atoms with Crippen molar-refractivity contribution < 1.29 is 35.9 Å². The summed E-state index contributed by atoms with van der Waals surface area (Å²) >= 11 is 0. The molecule has 1 heterocycles. The molecule has 11 heteroatoms. The van der Waals surface area contributed by atoms with Gasteiger partial charge in [0.15, 0.2) is 0 Å². The van der Waals surface area contributed by atoms with Crippen LogP contribution < -0.4 is 5.32 Å². The van der Waals surface area contributed by atoms with E-state index in [9.17, 15) is 31.1 Å². The van der Waals surface area contributed by atoms with Gasteiger partial charge in [-0.3, -0.25) is 9.78 Å². The first-order chi connectivity index (χ1) is 16.0. The summed E-state index contributed by atoms with van der Waals surface area (Å²) in [6.45, 7) is -0.452. The highest BCUT2D eigenvalue weighted by molar-refractivity contribution is 5.91. The number of alkyl halides is 6. The standard InChI is InChI=1S/C23H19F6N3O2/c24-22(25,26)18-8-15(9-19(10-18)23(27,28)29)13-34-14-17(16-4-2-1-3-5-16)11-32-21(33)20-12-30-6-7-31-20/h1-10,12,17H,11,13-14H2,(H,32,33). The third kappa shape index (κ3) is 7.01. The van der Waals surface area contributed by atoms with Crippen LogP contribution >= 0.6 is 0 Å². The highest BCUT2D eigenvalue weighted by Gasteiger charge is 2.36. The largest absolute Gasteiger partial charge is 0.416 e. The topological polar surface area (TPSA) is 64.1 Å². The molecule has 1 atom stereocenters. The van der Waals surface area contributed by atoms with Crippen molar-refractivity contribution in [1.29, 1.82) is 0 Å². The van der Waals surface area contributed by atoms with Crippen molar-refractivity contribution in [3.05, 3.63) is 95.1 Å². The first-order valence-corrected chi connectivity index (χ1v) is 9.99. The van der Waals surface area contributed by atoms with Gasteiger partial charge in [0.25, 0.3) is 5.91 Å². The van der Waals surface area contributed by atoms with Crippen LogP contribution in [-0.2, 0) is 23.7 Å². The highest BCUT2D eigenvalue weighted by Crippen LogP contribution is 2.36. The van der Waals surface area contributed by atoms with Gasteiger partial charge in [0, 0.05) is 24.9 Å². The molecule has 0 radical (unpaired) electrons. The molecule has 0 spiro atoms. The Bertz CT molecular complexity index is 1060. The first kappa shape index (κ1) is 25.2. The van der Waals surface area contributed by atoms with Gasteiger partial charge in [-0.1, -0.05) is 30.3 Å². The zero-order valence-electron chi connectivity index (χ0n) is 17.5. The molecule has 5 nitrogen and oxygen atoms in total. The molecule has 180 valence electrons. The number of hydrogen-bond acceptors (Lipinski definition) is 4. The van der Waals surface area contributed by atoms with E-state index in [1.54, 1.807) is 30.3 Å². The Morgan fingerprint density at radius 3 is 2.15 bits per heavy atom. The van der Waals surface area contributed by atoms with Crippen molar-refractivity contribution in [1.82, 2.24) is 15.3 Å². The minimum absolute atomic E-state index is 0.0671. The molecule has 0 saturated heterocycles. The van der Waals surface area contributed by atoms with Gasteiger partial charge in [-0.25, -0.2) is 4.98 Å². The molecule has 1 aromatic heterocycles. The molecule has 3 aromatic rings. The average molecular weight is 483 g/mol. The van der Waals surface area contributed by atoms with Crippen LogP contribution in [0.4, 0.5) is 26.3 Å². The molecule has 1 N–H and O–H groups in total. The number of ether oxygens (including phenoxy) is 1. The Labute approximate surface area is 190 Å². The van der Waals surface area contributed by atoms with Crippen LogP contribution in [0.5, 0.6) is 0 Å². The zero-order valence-corrected chi connectivity index (χ0v) is 17.5. The van der Waals surface area contributed by atoms with Crippen LogP contribution in [0.1, 0.15) is 38.7 Å². The average Bonchev–Trinajstić information content (AvgIpc) is 2.81. The predicted octanol–water partition coefficient (Wildman–Crippen LogP) is 5.24. The molecule has 1 amide bonds. The maximum Gasteiger partial charge on any atom is 0.416 e. The maximum absolute atomic E-state index is 13.1. The molecule has 0 aliphatic carbocycles. The van der Waals surface area contributed by atoms with Crippen LogP contribution in [-0.4, -0.2) is 29.0 Å². The number of hydrogen-bond donors (Lipinski definition) is 1. The first-order valence-electron chi connectivity index (χ1n) is 9.99. The van der Waals surface area contributed by atoms with E-state index in [1.165, 1.54) is 18.6 Å². The van der Waals surface area contributed by atoms with Crippen LogP contribution in [0, 0.1) is 0 Å².